The smallest absolute Gasteiger partial charge is 0.252 e. The molecule has 0 aliphatic carbocycles. The molecule has 0 bridgehead atoms. The van der Waals surface area contributed by atoms with Crippen molar-refractivity contribution in [3.63, 3.8) is 0 Å². The zero-order valence-corrected chi connectivity index (χ0v) is 12.9. The summed E-state index contributed by atoms with van der Waals surface area (Å²) in [4.78, 5) is 6.23. The predicted octanol–water partition coefficient (Wildman–Crippen LogP) is 2.22. The first-order chi connectivity index (χ1) is 11.7. The largest absolute Gasteiger partial charge is 0.471 e. The standard InChI is InChI=1S/C17H16F2N4O/c18-14-3-4-16(23-7-5-21-6-8-23)22-17(14)24-11-13-2-1-12(10-20)9-15(13)19/h1-4,9,21H,5-8,11H2. The molecule has 124 valence electrons. The Morgan fingerprint density at radius 1 is 1.17 bits per heavy atom. The zero-order valence-electron chi connectivity index (χ0n) is 12.9. The lowest BCUT2D eigenvalue weighted by molar-refractivity contribution is 0.272. The second kappa shape index (κ2) is 7.23. The first-order valence-corrected chi connectivity index (χ1v) is 7.61. The fourth-order valence-electron chi connectivity index (χ4n) is 2.46. The topological polar surface area (TPSA) is 61.2 Å². The van der Waals surface area contributed by atoms with Crippen molar-refractivity contribution < 1.29 is 13.5 Å². The summed E-state index contributed by atoms with van der Waals surface area (Å²) in [6.07, 6.45) is 0. The van der Waals surface area contributed by atoms with Crippen LogP contribution >= 0.6 is 0 Å². The fourth-order valence-corrected chi connectivity index (χ4v) is 2.46. The summed E-state index contributed by atoms with van der Waals surface area (Å²) in [5.41, 5.74) is 0.462. The summed E-state index contributed by atoms with van der Waals surface area (Å²) in [5, 5.41) is 12.0. The Morgan fingerprint density at radius 3 is 2.67 bits per heavy atom. The van der Waals surface area contributed by atoms with Gasteiger partial charge >= 0.3 is 0 Å². The van der Waals surface area contributed by atoms with Gasteiger partial charge in [-0.3, -0.25) is 0 Å². The molecule has 2 aromatic rings. The Morgan fingerprint density at radius 2 is 1.96 bits per heavy atom. The van der Waals surface area contributed by atoms with E-state index in [-0.39, 0.29) is 23.6 Å². The number of hydrogen-bond acceptors (Lipinski definition) is 5. The van der Waals surface area contributed by atoms with E-state index >= 15 is 0 Å². The van der Waals surface area contributed by atoms with E-state index in [1.54, 1.807) is 6.07 Å². The van der Waals surface area contributed by atoms with Gasteiger partial charge in [0.05, 0.1) is 11.6 Å². The van der Waals surface area contributed by atoms with Gasteiger partial charge in [0.25, 0.3) is 5.88 Å². The molecule has 0 spiro atoms. The molecule has 1 aromatic heterocycles. The average molecular weight is 330 g/mol. The second-order valence-corrected chi connectivity index (χ2v) is 5.40. The molecule has 7 heteroatoms. The number of nitrogens with zero attached hydrogens (tertiary/aromatic N) is 3. The molecule has 0 amide bonds. The number of hydrogen-bond donors (Lipinski definition) is 1. The molecule has 1 aliphatic rings. The molecule has 3 rings (SSSR count). The molecule has 0 unspecified atom stereocenters. The number of rotatable bonds is 4. The van der Waals surface area contributed by atoms with Gasteiger partial charge in [-0.25, -0.2) is 8.78 Å². The summed E-state index contributed by atoms with van der Waals surface area (Å²) < 4.78 is 33.1. The van der Waals surface area contributed by atoms with E-state index in [0.717, 1.165) is 32.2 Å². The molecule has 1 N–H and O–H groups in total. The van der Waals surface area contributed by atoms with Crippen molar-refractivity contribution in [2.24, 2.45) is 0 Å². The highest BCUT2D eigenvalue weighted by atomic mass is 19.1. The number of nitrogens with one attached hydrogen (secondary N) is 1. The van der Waals surface area contributed by atoms with Crippen LogP contribution in [-0.4, -0.2) is 31.2 Å². The first-order valence-electron chi connectivity index (χ1n) is 7.61. The summed E-state index contributed by atoms with van der Waals surface area (Å²) in [6, 6.07) is 8.83. The number of piperazine rings is 1. The highest BCUT2D eigenvalue weighted by Crippen LogP contribution is 2.22. The molecule has 1 aromatic carbocycles. The van der Waals surface area contributed by atoms with E-state index in [4.69, 9.17) is 10.00 Å². The summed E-state index contributed by atoms with van der Waals surface area (Å²) in [5.74, 6) is -0.682. The minimum Gasteiger partial charge on any atom is -0.471 e. The van der Waals surface area contributed by atoms with Crippen molar-refractivity contribution in [1.29, 1.82) is 5.26 Å². The van der Waals surface area contributed by atoms with Crippen molar-refractivity contribution in [2.45, 2.75) is 6.61 Å². The molecule has 1 saturated heterocycles. The third-order valence-corrected chi connectivity index (χ3v) is 3.79. The maximum Gasteiger partial charge on any atom is 0.252 e. The normalized spacial score (nSPS) is 14.3. The average Bonchev–Trinajstić information content (AvgIpc) is 2.62. The number of nitriles is 1. The predicted molar refractivity (Wildman–Crippen MR) is 84.7 cm³/mol. The lowest BCUT2D eigenvalue weighted by Gasteiger charge is -2.28. The van der Waals surface area contributed by atoms with Crippen molar-refractivity contribution in [3.8, 4) is 11.9 Å². The van der Waals surface area contributed by atoms with Crippen LogP contribution in [0.4, 0.5) is 14.6 Å². The monoisotopic (exact) mass is 330 g/mol. The highest BCUT2D eigenvalue weighted by Gasteiger charge is 2.15. The molecule has 2 heterocycles. The van der Waals surface area contributed by atoms with E-state index < -0.39 is 11.6 Å². The van der Waals surface area contributed by atoms with Crippen LogP contribution in [0, 0.1) is 23.0 Å². The molecule has 0 atom stereocenters. The maximum atomic E-state index is 13.9. The van der Waals surface area contributed by atoms with Gasteiger partial charge < -0.3 is 15.0 Å². The van der Waals surface area contributed by atoms with Gasteiger partial charge in [-0.1, -0.05) is 6.07 Å². The van der Waals surface area contributed by atoms with Crippen molar-refractivity contribution in [3.05, 3.63) is 53.1 Å². The third kappa shape index (κ3) is 3.60. The number of anilines is 1. The van der Waals surface area contributed by atoms with E-state index in [0.29, 0.717) is 5.82 Å². The molecule has 0 saturated carbocycles. The van der Waals surface area contributed by atoms with E-state index in [1.165, 1.54) is 18.2 Å². The van der Waals surface area contributed by atoms with Crippen LogP contribution in [0.25, 0.3) is 0 Å². The maximum absolute atomic E-state index is 13.9. The van der Waals surface area contributed by atoms with Crippen LogP contribution in [0.3, 0.4) is 0 Å². The second-order valence-electron chi connectivity index (χ2n) is 5.40. The molecule has 1 fully saturated rings. The lowest BCUT2D eigenvalue weighted by atomic mass is 10.1. The van der Waals surface area contributed by atoms with Crippen molar-refractivity contribution in [1.82, 2.24) is 10.3 Å². The van der Waals surface area contributed by atoms with Gasteiger partial charge in [0.2, 0.25) is 0 Å². The summed E-state index contributed by atoms with van der Waals surface area (Å²) >= 11 is 0. The van der Waals surface area contributed by atoms with Gasteiger partial charge in [0.1, 0.15) is 18.2 Å². The molecular weight excluding hydrogens is 314 g/mol. The molecule has 24 heavy (non-hydrogen) atoms. The molecule has 1 aliphatic heterocycles. The van der Waals surface area contributed by atoms with Crippen molar-refractivity contribution in [2.75, 3.05) is 31.1 Å². The summed E-state index contributed by atoms with van der Waals surface area (Å²) in [6.45, 7) is 3.08. The van der Waals surface area contributed by atoms with Gasteiger partial charge in [0, 0.05) is 31.7 Å². The molecule has 5 nitrogen and oxygen atoms in total. The number of pyridine rings is 1. The van der Waals surface area contributed by atoms with Crippen molar-refractivity contribution >= 4 is 5.82 Å². The lowest BCUT2D eigenvalue weighted by Crippen LogP contribution is -2.43. The highest BCUT2D eigenvalue weighted by molar-refractivity contribution is 5.42. The van der Waals surface area contributed by atoms with E-state index in [9.17, 15) is 8.78 Å². The number of benzene rings is 1. The van der Waals surface area contributed by atoms with Gasteiger partial charge in [0.15, 0.2) is 5.82 Å². The Labute approximate surface area is 138 Å². The zero-order chi connectivity index (χ0) is 16.9. The van der Waals surface area contributed by atoms with E-state index in [2.05, 4.69) is 10.3 Å². The van der Waals surface area contributed by atoms with Crippen LogP contribution in [-0.2, 0) is 6.61 Å². The van der Waals surface area contributed by atoms with Gasteiger partial charge in [-0.05, 0) is 24.3 Å². The minimum atomic E-state index is -0.595. The van der Waals surface area contributed by atoms with Gasteiger partial charge in [-0.2, -0.15) is 10.2 Å². The Hall–Kier alpha value is -2.72. The Kier molecular flexibility index (Phi) is 4.87. The van der Waals surface area contributed by atoms with Crippen LogP contribution in [0.1, 0.15) is 11.1 Å². The SMILES string of the molecule is N#Cc1ccc(COc2nc(N3CCNCC3)ccc2F)c(F)c1. The van der Waals surface area contributed by atoms with Crippen LogP contribution in [0.5, 0.6) is 5.88 Å². The fraction of sp³-hybridized carbons (Fsp3) is 0.294. The van der Waals surface area contributed by atoms with Gasteiger partial charge in [-0.15, -0.1) is 0 Å². The van der Waals surface area contributed by atoms with Crippen LogP contribution in [0.2, 0.25) is 0 Å². The van der Waals surface area contributed by atoms with Crippen LogP contribution in [0.15, 0.2) is 30.3 Å². The number of aromatic nitrogens is 1. The molecule has 0 radical (unpaired) electrons. The Balaban J connectivity index is 1.74. The van der Waals surface area contributed by atoms with E-state index in [1.807, 2.05) is 11.0 Å². The number of ether oxygens (including phenoxy) is 1. The Bertz CT molecular complexity index is 770. The molecular formula is C17H16F2N4O. The first kappa shape index (κ1) is 16.1. The number of halogens is 2. The quantitative estimate of drug-likeness (QED) is 0.931. The summed E-state index contributed by atoms with van der Waals surface area (Å²) in [7, 11) is 0. The third-order valence-electron chi connectivity index (χ3n) is 3.79. The minimum absolute atomic E-state index is 0.158. The van der Waals surface area contributed by atoms with Crippen LogP contribution < -0.4 is 15.0 Å².